The Bertz CT molecular complexity index is 197. The molecule has 1 amide bonds. The van der Waals surface area contributed by atoms with Crippen LogP contribution >= 0.6 is 0 Å². The zero-order chi connectivity index (χ0) is 12.4. The third-order valence-electron chi connectivity index (χ3n) is 1.74. The van der Waals surface area contributed by atoms with Crippen molar-refractivity contribution in [1.82, 2.24) is 5.32 Å². The van der Waals surface area contributed by atoms with Crippen molar-refractivity contribution >= 4 is 5.91 Å². The molecule has 0 saturated heterocycles. The lowest BCUT2D eigenvalue weighted by Crippen LogP contribution is -2.37. The van der Waals surface area contributed by atoms with Gasteiger partial charge in [0.1, 0.15) is 0 Å². The second kappa shape index (κ2) is 8.35. The lowest BCUT2D eigenvalue weighted by molar-refractivity contribution is -0.173. The van der Waals surface area contributed by atoms with E-state index in [0.717, 1.165) is 0 Å². The molecule has 0 aromatic heterocycles. The Balaban J connectivity index is 3.25. The van der Waals surface area contributed by atoms with E-state index in [4.69, 9.17) is 9.84 Å². The molecule has 96 valence electrons. The van der Waals surface area contributed by atoms with Crippen LogP contribution < -0.4 is 5.32 Å². The van der Waals surface area contributed by atoms with Gasteiger partial charge in [0.05, 0.1) is 13.2 Å². The number of unbranched alkanes of at least 4 members (excludes halogenated alkanes) is 2. The van der Waals surface area contributed by atoms with E-state index in [9.17, 15) is 18.0 Å². The largest absolute Gasteiger partial charge is 0.471 e. The quantitative estimate of drug-likeness (QED) is 0.621. The van der Waals surface area contributed by atoms with Crippen LogP contribution in [-0.4, -0.2) is 43.6 Å². The first-order chi connectivity index (χ1) is 7.48. The summed E-state index contributed by atoms with van der Waals surface area (Å²) >= 11 is 0. The van der Waals surface area contributed by atoms with Crippen molar-refractivity contribution in [3.05, 3.63) is 0 Å². The molecule has 0 aliphatic heterocycles. The van der Waals surface area contributed by atoms with Crippen LogP contribution in [-0.2, 0) is 9.53 Å². The van der Waals surface area contributed by atoms with Gasteiger partial charge in [0.15, 0.2) is 0 Å². The number of aliphatic hydroxyl groups excluding tert-OH is 1. The molecule has 0 aromatic carbocycles. The van der Waals surface area contributed by atoms with Crippen LogP contribution in [0.5, 0.6) is 0 Å². The van der Waals surface area contributed by atoms with Gasteiger partial charge in [-0.15, -0.1) is 0 Å². The summed E-state index contributed by atoms with van der Waals surface area (Å²) in [6.07, 6.45) is -2.96. The molecular formula is C9H16F3NO3. The van der Waals surface area contributed by atoms with Gasteiger partial charge in [0.25, 0.3) is 0 Å². The fourth-order valence-corrected chi connectivity index (χ4v) is 0.975. The van der Waals surface area contributed by atoms with Crippen molar-refractivity contribution in [2.24, 2.45) is 0 Å². The summed E-state index contributed by atoms with van der Waals surface area (Å²) in [6, 6.07) is 0. The lowest BCUT2D eigenvalue weighted by atomic mass is 10.2. The minimum atomic E-state index is -4.80. The predicted molar refractivity (Wildman–Crippen MR) is 50.8 cm³/mol. The molecule has 0 aliphatic carbocycles. The molecule has 4 nitrogen and oxygen atoms in total. The van der Waals surface area contributed by atoms with Crippen molar-refractivity contribution in [2.45, 2.75) is 25.4 Å². The number of nitrogens with one attached hydrogen (secondary N) is 1. The van der Waals surface area contributed by atoms with E-state index >= 15 is 0 Å². The fraction of sp³-hybridized carbons (Fsp3) is 0.889. The van der Waals surface area contributed by atoms with Gasteiger partial charge in [-0.25, -0.2) is 0 Å². The zero-order valence-corrected chi connectivity index (χ0v) is 8.85. The van der Waals surface area contributed by atoms with Crippen LogP contribution in [0.3, 0.4) is 0 Å². The average molecular weight is 243 g/mol. The van der Waals surface area contributed by atoms with E-state index in [-0.39, 0.29) is 19.8 Å². The van der Waals surface area contributed by atoms with Crippen LogP contribution in [0.2, 0.25) is 0 Å². The highest BCUT2D eigenvalue weighted by Gasteiger charge is 2.38. The standard InChI is InChI=1S/C9H16F3NO3/c10-9(11,12)8(15)13-4-2-1-3-6-16-7-5-14/h14H,1-7H2,(H,13,15). The maximum atomic E-state index is 11.7. The number of ether oxygens (including phenoxy) is 1. The Labute approximate surface area is 91.8 Å². The highest BCUT2D eigenvalue weighted by Crippen LogP contribution is 2.13. The summed E-state index contributed by atoms with van der Waals surface area (Å²) in [5.41, 5.74) is 0. The summed E-state index contributed by atoms with van der Waals surface area (Å²) in [5, 5.41) is 10.1. The summed E-state index contributed by atoms with van der Waals surface area (Å²) in [5.74, 6) is -1.90. The van der Waals surface area contributed by atoms with Gasteiger partial charge in [-0.2, -0.15) is 13.2 Å². The number of halogens is 3. The molecule has 7 heteroatoms. The molecular weight excluding hydrogens is 227 g/mol. The Morgan fingerprint density at radius 1 is 1.19 bits per heavy atom. The molecule has 0 unspecified atom stereocenters. The van der Waals surface area contributed by atoms with E-state index in [1.807, 2.05) is 0 Å². The van der Waals surface area contributed by atoms with Crippen LogP contribution in [0, 0.1) is 0 Å². The molecule has 0 rings (SSSR count). The molecule has 0 bridgehead atoms. The second-order valence-electron chi connectivity index (χ2n) is 3.15. The predicted octanol–water partition coefficient (Wildman–Crippen LogP) is 0.844. The first-order valence-electron chi connectivity index (χ1n) is 5.02. The monoisotopic (exact) mass is 243 g/mol. The van der Waals surface area contributed by atoms with Crippen LogP contribution in [0.1, 0.15) is 19.3 Å². The van der Waals surface area contributed by atoms with Gasteiger partial charge in [-0.1, -0.05) is 0 Å². The number of alkyl halides is 3. The number of carbonyl (C=O) groups is 1. The summed E-state index contributed by atoms with van der Waals surface area (Å²) in [6.45, 7) is 0.707. The molecule has 0 atom stereocenters. The maximum absolute atomic E-state index is 11.7. The molecule has 0 spiro atoms. The molecule has 0 heterocycles. The Morgan fingerprint density at radius 2 is 1.88 bits per heavy atom. The minimum Gasteiger partial charge on any atom is -0.394 e. The second-order valence-corrected chi connectivity index (χ2v) is 3.15. The van der Waals surface area contributed by atoms with Crippen molar-refractivity contribution < 1.29 is 27.8 Å². The maximum Gasteiger partial charge on any atom is 0.471 e. The third kappa shape index (κ3) is 8.49. The highest BCUT2D eigenvalue weighted by atomic mass is 19.4. The number of rotatable bonds is 8. The van der Waals surface area contributed by atoms with Crippen LogP contribution in [0.15, 0.2) is 0 Å². The van der Waals surface area contributed by atoms with Crippen LogP contribution in [0.4, 0.5) is 13.2 Å². The number of hydrogen-bond donors (Lipinski definition) is 2. The van der Waals surface area contributed by atoms with Crippen LogP contribution in [0.25, 0.3) is 0 Å². The van der Waals surface area contributed by atoms with E-state index in [1.165, 1.54) is 0 Å². The number of hydrogen-bond acceptors (Lipinski definition) is 3. The minimum absolute atomic E-state index is 0.0122. The molecule has 0 radical (unpaired) electrons. The topological polar surface area (TPSA) is 58.6 Å². The molecule has 0 aliphatic rings. The average Bonchev–Trinajstić information content (AvgIpc) is 2.20. The number of amides is 1. The van der Waals surface area contributed by atoms with Crippen molar-refractivity contribution in [3.8, 4) is 0 Å². The zero-order valence-electron chi connectivity index (χ0n) is 8.85. The fourth-order valence-electron chi connectivity index (χ4n) is 0.975. The molecule has 16 heavy (non-hydrogen) atoms. The van der Waals surface area contributed by atoms with Gasteiger partial charge in [-0.05, 0) is 19.3 Å². The molecule has 2 N–H and O–H groups in total. The first-order valence-corrected chi connectivity index (χ1v) is 5.02. The van der Waals surface area contributed by atoms with Gasteiger partial charge >= 0.3 is 12.1 Å². The third-order valence-corrected chi connectivity index (χ3v) is 1.74. The lowest BCUT2D eigenvalue weighted by Gasteiger charge is -2.07. The van der Waals surface area contributed by atoms with Gasteiger partial charge in [0, 0.05) is 13.2 Å². The van der Waals surface area contributed by atoms with Crippen molar-refractivity contribution in [1.29, 1.82) is 0 Å². The van der Waals surface area contributed by atoms with Crippen molar-refractivity contribution in [2.75, 3.05) is 26.4 Å². The van der Waals surface area contributed by atoms with E-state index in [0.29, 0.717) is 25.9 Å². The van der Waals surface area contributed by atoms with E-state index in [1.54, 1.807) is 5.32 Å². The van der Waals surface area contributed by atoms with E-state index < -0.39 is 12.1 Å². The molecule has 0 aromatic rings. The normalized spacial score (nSPS) is 11.5. The SMILES string of the molecule is O=C(NCCCCCOCCO)C(F)(F)F. The smallest absolute Gasteiger partial charge is 0.394 e. The summed E-state index contributed by atoms with van der Waals surface area (Å²) in [7, 11) is 0. The molecule has 0 fully saturated rings. The number of aliphatic hydroxyl groups is 1. The summed E-state index contributed by atoms with van der Waals surface area (Å²) < 4.78 is 40.1. The Morgan fingerprint density at radius 3 is 2.44 bits per heavy atom. The Hall–Kier alpha value is -0.820. The van der Waals surface area contributed by atoms with Crippen molar-refractivity contribution in [3.63, 3.8) is 0 Å². The summed E-state index contributed by atoms with van der Waals surface area (Å²) in [4.78, 5) is 10.4. The van der Waals surface area contributed by atoms with E-state index in [2.05, 4.69) is 0 Å². The molecule has 0 saturated carbocycles. The Kier molecular flexibility index (Phi) is 7.92. The van der Waals surface area contributed by atoms with Gasteiger partial charge < -0.3 is 15.2 Å². The number of carbonyl (C=O) groups excluding carboxylic acids is 1. The first kappa shape index (κ1) is 15.2. The van der Waals surface area contributed by atoms with Gasteiger partial charge in [0.2, 0.25) is 0 Å². The highest BCUT2D eigenvalue weighted by molar-refractivity contribution is 5.81. The van der Waals surface area contributed by atoms with Gasteiger partial charge in [-0.3, -0.25) is 4.79 Å².